The van der Waals surface area contributed by atoms with Gasteiger partial charge in [0, 0.05) is 38.1 Å². The van der Waals surface area contributed by atoms with Crippen LogP contribution < -0.4 is 5.32 Å². The standard InChI is InChI=1S/C16H19ClN6S/c1-18-16(22(2)11-12-6-7-13(17)24-12)19-9-8-15-21-20-14-5-3-4-10-23(14)15/h3-7,10H,8-9,11H2,1-2H3,(H,18,19). The number of aromatic nitrogens is 3. The van der Waals surface area contributed by atoms with E-state index in [-0.39, 0.29) is 0 Å². The zero-order valence-corrected chi connectivity index (χ0v) is 15.2. The van der Waals surface area contributed by atoms with Crippen LogP contribution >= 0.6 is 22.9 Å². The van der Waals surface area contributed by atoms with Crippen LogP contribution in [-0.2, 0) is 13.0 Å². The number of fused-ring (bicyclic) bond motifs is 1. The highest BCUT2D eigenvalue weighted by atomic mass is 35.5. The monoisotopic (exact) mass is 362 g/mol. The first kappa shape index (κ1) is 16.7. The first-order valence-electron chi connectivity index (χ1n) is 7.62. The molecule has 0 spiro atoms. The lowest BCUT2D eigenvalue weighted by Crippen LogP contribution is -2.39. The van der Waals surface area contributed by atoms with E-state index in [1.165, 1.54) is 4.88 Å². The van der Waals surface area contributed by atoms with Crippen LogP contribution in [0.4, 0.5) is 0 Å². The molecule has 0 bridgehead atoms. The summed E-state index contributed by atoms with van der Waals surface area (Å²) in [6.07, 6.45) is 2.75. The summed E-state index contributed by atoms with van der Waals surface area (Å²) < 4.78 is 2.81. The van der Waals surface area contributed by atoms with E-state index in [9.17, 15) is 0 Å². The molecule has 0 saturated heterocycles. The number of pyridine rings is 1. The highest BCUT2D eigenvalue weighted by Gasteiger charge is 2.09. The molecule has 3 aromatic heterocycles. The molecule has 0 saturated carbocycles. The zero-order valence-electron chi connectivity index (χ0n) is 13.6. The first-order valence-corrected chi connectivity index (χ1v) is 8.81. The third-order valence-electron chi connectivity index (χ3n) is 3.61. The van der Waals surface area contributed by atoms with Crippen LogP contribution in [0.5, 0.6) is 0 Å². The maximum absolute atomic E-state index is 5.98. The number of rotatable bonds is 5. The lowest BCUT2D eigenvalue weighted by molar-refractivity contribution is 0.481. The molecule has 24 heavy (non-hydrogen) atoms. The van der Waals surface area contributed by atoms with Gasteiger partial charge >= 0.3 is 0 Å². The molecule has 0 aliphatic carbocycles. The molecular weight excluding hydrogens is 344 g/mol. The Bertz CT molecular complexity index is 840. The SMILES string of the molecule is CN=C(NCCc1nnc2ccccn12)N(C)Cc1ccc(Cl)s1. The van der Waals surface area contributed by atoms with Crippen molar-refractivity contribution in [3.8, 4) is 0 Å². The highest BCUT2D eigenvalue weighted by molar-refractivity contribution is 7.16. The Morgan fingerprint density at radius 3 is 2.96 bits per heavy atom. The molecule has 0 fully saturated rings. The number of hydrogen-bond acceptors (Lipinski definition) is 4. The first-order chi connectivity index (χ1) is 11.7. The smallest absolute Gasteiger partial charge is 0.193 e. The molecule has 0 radical (unpaired) electrons. The zero-order chi connectivity index (χ0) is 16.9. The van der Waals surface area contributed by atoms with E-state index in [0.717, 1.165) is 41.3 Å². The molecule has 6 nitrogen and oxygen atoms in total. The number of halogens is 1. The largest absolute Gasteiger partial charge is 0.356 e. The molecule has 1 N–H and O–H groups in total. The molecule has 0 amide bonds. The summed E-state index contributed by atoms with van der Waals surface area (Å²) in [5.41, 5.74) is 0.864. The van der Waals surface area contributed by atoms with Gasteiger partial charge in [0.15, 0.2) is 11.6 Å². The number of aliphatic imine (C=N–C) groups is 1. The Labute approximate surface area is 149 Å². The van der Waals surface area contributed by atoms with Crippen molar-refractivity contribution < 1.29 is 0 Å². The number of nitrogens with one attached hydrogen (secondary N) is 1. The molecule has 3 rings (SSSR count). The average Bonchev–Trinajstić information content (AvgIpc) is 3.18. The van der Waals surface area contributed by atoms with E-state index in [1.807, 2.05) is 48.0 Å². The Morgan fingerprint density at radius 1 is 1.33 bits per heavy atom. The predicted molar refractivity (Wildman–Crippen MR) is 98.8 cm³/mol. The second-order valence-electron chi connectivity index (χ2n) is 5.33. The lowest BCUT2D eigenvalue weighted by Gasteiger charge is -2.21. The number of hydrogen-bond donors (Lipinski definition) is 1. The third-order valence-corrected chi connectivity index (χ3v) is 4.83. The lowest BCUT2D eigenvalue weighted by atomic mass is 10.4. The second kappa shape index (κ2) is 7.63. The van der Waals surface area contributed by atoms with Crippen molar-refractivity contribution in [2.75, 3.05) is 20.6 Å². The van der Waals surface area contributed by atoms with Crippen molar-refractivity contribution in [3.63, 3.8) is 0 Å². The quantitative estimate of drug-likeness (QED) is 0.560. The van der Waals surface area contributed by atoms with Crippen molar-refractivity contribution in [1.82, 2.24) is 24.8 Å². The molecule has 0 aromatic carbocycles. The Kier molecular flexibility index (Phi) is 5.32. The molecular formula is C16H19ClN6S. The predicted octanol–water partition coefficient (Wildman–Crippen LogP) is 2.69. The van der Waals surface area contributed by atoms with E-state index < -0.39 is 0 Å². The van der Waals surface area contributed by atoms with E-state index >= 15 is 0 Å². The summed E-state index contributed by atoms with van der Waals surface area (Å²) in [7, 11) is 3.79. The average molecular weight is 363 g/mol. The molecule has 0 aliphatic rings. The minimum atomic E-state index is 0.734. The Balaban J connectivity index is 1.56. The minimum Gasteiger partial charge on any atom is -0.356 e. The number of guanidine groups is 1. The fourth-order valence-electron chi connectivity index (χ4n) is 2.48. The molecule has 3 aromatic rings. The van der Waals surface area contributed by atoms with Gasteiger partial charge in [0.25, 0.3) is 0 Å². The van der Waals surface area contributed by atoms with Gasteiger partial charge in [-0.25, -0.2) is 0 Å². The Hall–Kier alpha value is -2.12. The fraction of sp³-hybridized carbons (Fsp3) is 0.312. The van der Waals surface area contributed by atoms with E-state index in [2.05, 4.69) is 25.4 Å². The van der Waals surface area contributed by atoms with Crippen molar-refractivity contribution >= 4 is 34.5 Å². The molecule has 0 atom stereocenters. The van der Waals surface area contributed by atoms with Gasteiger partial charge in [-0.2, -0.15) is 0 Å². The van der Waals surface area contributed by atoms with Crippen LogP contribution in [0.1, 0.15) is 10.7 Å². The van der Waals surface area contributed by atoms with E-state index in [4.69, 9.17) is 11.6 Å². The summed E-state index contributed by atoms with van der Waals surface area (Å²) in [5.74, 6) is 1.77. The van der Waals surface area contributed by atoms with Gasteiger partial charge in [0.2, 0.25) is 0 Å². The third kappa shape index (κ3) is 3.85. The summed E-state index contributed by atoms with van der Waals surface area (Å²) >= 11 is 7.57. The summed E-state index contributed by atoms with van der Waals surface area (Å²) in [6.45, 7) is 1.50. The Morgan fingerprint density at radius 2 is 2.21 bits per heavy atom. The van der Waals surface area contributed by atoms with Crippen molar-refractivity contribution in [3.05, 3.63) is 51.6 Å². The van der Waals surface area contributed by atoms with Crippen LogP contribution in [0.2, 0.25) is 4.34 Å². The van der Waals surface area contributed by atoms with Gasteiger partial charge < -0.3 is 10.2 Å². The molecule has 126 valence electrons. The topological polar surface area (TPSA) is 57.8 Å². The van der Waals surface area contributed by atoms with Crippen molar-refractivity contribution in [1.29, 1.82) is 0 Å². The fourth-order valence-corrected chi connectivity index (χ4v) is 3.62. The van der Waals surface area contributed by atoms with Crippen LogP contribution in [0.25, 0.3) is 5.65 Å². The molecule has 3 heterocycles. The number of nitrogens with zero attached hydrogens (tertiary/aromatic N) is 5. The van der Waals surface area contributed by atoms with Gasteiger partial charge in [0.05, 0.1) is 10.9 Å². The van der Waals surface area contributed by atoms with Gasteiger partial charge in [-0.1, -0.05) is 17.7 Å². The maximum Gasteiger partial charge on any atom is 0.193 e. The summed E-state index contributed by atoms with van der Waals surface area (Å²) in [4.78, 5) is 7.61. The highest BCUT2D eigenvalue weighted by Crippen LogP contribution is 2.22. The van der Waals surface area contributed by atoms with Crippen LogP contribution in [0.3, 0.4) is 0 Å². The van der Waals surface area contributed by atoms with Gasteiger partial charge in [-0.3, -0.25) is 9.39 Å². The van der Waals surface area contributed by atoms with Gasteiger partial charge in [-0.15, -0.1) is 21.5 Å². The molecule has 0 aliphatic heterocycles. The van der Waals surface area contributed by atoms with Crippen LogP contribution in [0.15, 0.2) is 41.5 Å². The van der Waals surface area contributed by atoms with Crippen molar-refractivity contribution in [2.24, 2.45) is 4.99 Å². The maximum atomic E-state index is 5.98. The van der Waals surface area contributed by atoms with Crippen LogP contribution in [0, 0.1) is 0 Å². The van der Waals surface area contributed by atoms with E-state index in [1.54, 1.807) is 18.4 Å². The minimum absolute atomic E-state index is 0.734. The summed E-state index contributed by atoms with van der Waals surface area (Å²) in [6, 6.07) is 9.84. The molecule has 8 heteroatoms. The van der Waals surface area contributed by atoms with Gasteiger partial charge in [-0.05, 0) is 24.3 Å². The van der Waals surface area contributed by atoms with Crippen LogP contribution in [-0.4, -0.2) is 46.1 Å². The summed E-state index contributed by atoms with van der Waals surface area (Å²) in [5, 5.41) is 11.8. The van der Waals surface area contributed by atoms with Gasteiger partial charge in [0.1, 0.15) is 5.82 Å². The normalized spacial score (nSPS) is 11.9. The van der Waals surface area contributed by atoms with Crippen molar-refractivity contribution in [2.45, 2.75) is 13.0 Å². The molecule has 0 unspecified atom stereocenters. The van der Waals surface area contributed by atoms with E-state index in [0.29, 0.717) is 0 Å². The second-order valence-corrected chi connectivity index (χ2v) is 7.13. The number of thiophene rings is 1.